The molecule has 1 saturated carbocycles. The summed E-state index contributed by atoms with van der Waals surface area (Å²) >= 11 is 18.1. The Bertz CT molecular complexity index is 357. The van der Waals surface area contributed by atoms with Crippen molar-refractivity contribution < 1.29 is 9.59 Å². The molecule has 1 aliphatic carbocycles. The van der Waals surface area contributed by atoms with Gasteiger partial charge in [0.1, 0.15) is 8.65 Å². The minimum atomic E-state index is -0.637. The highest BCUT2D eigenvalue weighted by Crippen LogP contribution is 2.54. The molecule has 1 heterocycles. The van der Waals surface area contributed by atoms with Gasteiger partial charge in [-0.25, -0.2) is 4.90 Å². The summed E-state index contributed by atoms with van der Waals surface area (Å²) in [6.07, 6.45) is 1.27. The average Bonchev–Trinajstić information content (AvgIpc) is 2.66. The fourth-order valence-corrected chi connectivity index (χ4v) is 3.66. The van der Waals surface area contributed by atoms with Gasteiger partial charge in [-0.3, -0.25) is 9.59 Å². The van der Waals surface area contributed by atoms with Crippen molar-refractivity contribution in [2.45, 2.75) is 23.6 Å². The number of alkyl halides is 2. The Morgan fingerprint density at radius 1 is 1.44 bits per heavy atom. The molecule has 2 fully saturated rings. The van der Waals surface area contributed by atoms with E-state index in [0.29, 0.717) is 10.1 Å². The lowest BCUT2D eigenvalue weighted by Gasteiger charge is -2.13. The lowest BCUT2D eigenvalue weighted by Crippen LogP contribution is -2.32. The summed E-state index contributed by atoms with van der Waals surface area (Å²) < 4.78 is -0.315. The Hall–Kier alpha value is 0.160. The maximum Gasteiger partial charge on any atom is 0.235 e. The van der Waals surface area contributed by atoms with Crippen molar-refractivity contribution in [3.05, 3.63) is 0 Å². The van der Waals surface area contributed by atoms with Gasteiger partial charge in [-0.05, 0) is 6.42 Å². The molecule has 0 spiro atoms. The third kappa shape index (κ3) is 2.53. The summed E-state index contributed by atoms with van der Waals surface area (Å²) in [7, 11) is 0. The van der Waals surface area contributed by atoms with E-state index in [4.69, 9.17) is 35.4 Å². The molecule has 1 atom stereocenters. The first-order valence-corrected chi connectivity index (χ1v) is 6.97. The molecule has 1 unspecified atom stereocenters. The standard InChI is InChI=1S/C9H9Cl2NO2S2/c10-9(11)3-5(9)4-16-8(15)12-6(13)1-2-7(12)14/h5H,1-4H2. The van der Waals surface area contributed by atoms with Gasteiger partial charge in [-0.1, -0.05) is 24.0 Å². The second-order valence-corrected chi connectivity index (χ2v) is 7.06. The van der Waals surface area contributed by atoms with Crippen molar-refractivity contribution in [3.63, 3.8) is 0 Å². The third-order valence-corrected chi connectivity index (χ3v) is 5.06. The van der Waals surface area contributed by atoms with Crippen molar-refractivity contribution in [2.75, 3.05) is 5.75 Å². The number of thiocarbonyl (C=S) groups is 1. The van der Waals surface area contributed by atoms with E-state index < -0.39 is 4.33 Å². The van der Waals surface area contributed by atoms with Crippen molar-refractivity contribution in [2.24, 2.45) is 5.92 Å². The van der Waals surface area contributed by atoms with Crippen LogP contribution in [0.25, 0.3) is 0 Å². The zero-order chi connectivity index (χ0) is 11.9. The molecule has 0 radical (unpaired) electrons. The number of imide groups is 1. The summed E-state index contributed by atoms with van der Waals surface area (Å²) in [5.74, 6) is 0.442. The van der Waals surface area contributed by atoms with E-state index in [1.165, 1.54) is 11.8 Å². The average molecular weight is 298 g/mol. The van der Waals surface area contributed by atoms with Crippen LogP contribution in [0.2, 0.25) is 0 Å². The van der Waals surface area contributed by atoms with Crippen LogP contribution in [-0.2, 0) is 9.59 Å². The molecule has 1 saturated heterocycles. The van der Waals surface area contributed by atoms with Crippen LogP contribution < -0.4 is 0 Å². The van der Waals surface area contributed by atoms with Gasteiger partial charge in [0, 0.05) is 24.5 Å². The predicted octanol–water partition coefficient (Wildman–Crippen LogP) is 2.35. The normalized spacial score (nSPS) is 27.4. The minimum absolute atomic E-state index is 0.201. The van der Waals surface area contributed by atoms with Crippen LogP contribution in [0.5, 0.6) is 0 Å². The lowest BCUT2D eigenvalue weighted by atomic mass is 10.4. The molecule has 88 valence electrons. The molecule has 0 bridgehead atoms. The number of carbonyl (C=O) groups excluding carboxylic acids is 2. The second kappa shape index (κ2) is 4.44. The summed E-state index contributed by atoms with van der Waals surface area (Å²) in [4.78, 5) is 23.8. The molecular formula is C9H9Cl2NO2S2. The zero-order valence-electron chi connectivity index (χ0n) is 8.24. The van der Waals surface area contributed by atoms with Gasteiger partial charge in [-0.15, -0.1) is 23.2 Å². The molecular weight excluding hydrogens is 289 g/mol. The lowest BCUT2D eigenvalue weighted by molar-refractivity contribution is -0.133. The number of hydrogen-bond donors (Lipinski definition) is 0. The van der Waals surface area contributed by atoms with Gasteiger partial charge >= 0.3 is 0 Å². The molecule has 0 aromatic heterocycles. The maximum atomic E-state index is 11.4. The molecule has 3 nitrogen and oxygen atoms in total. The molecule has 0 aromatic rings. The number of hydrogen-bond acceptors (Lipinski definition) is 4. The second-order valence-electron chi connectivity index (χ2n) is 3.86. The highest BCUT2D eigenvalue weighted by atomic mass is 35.5. The van der Waals surface area contributed by atoms with Gasteiger partial charge in [-0.2, -0.15) is 0 Å². The van der Waals surface area contributed by atoms with Crippen LogP contribution in [0.4, 0.5) is 0 Å². The SMILES string of the molecule is O=C1CCC(=O)N1C(=S)SCC1CC1(Cl)Cl. The first-order valence-electron chi connectivity index (χ1n) is 4.82. The van der Waals surface area contributed by atoms with Crippen LogP contribution in [0.15, 0.2) is 0 Å². The number of halogens is 2. The van der Waals surface area contributed by atoms with E-state index >= 15 is 0 Å². The van der Waals surface area contributed by atoms with Crippen molar-refractivity contribution in [1.82, 2.24) is 4.90 Å². The van der Waals surface area contributed by atoms with E-state index in [1.54, 1.807) is 0 Å². The fourth-order valence-electron chi connectivity index (χ4n) is 1.47. The Morgan fingerprint density at radius 2 is 1.94 bits per heavy atom. The Balaban J connectivity index is 1.84. The quantitative estimate of drug-likeness (QED) is 0.445. The van der Waals surface area contributed by atoms with E-state index in [0.717, 1.165) is 11.3 Å². The number of thioether (sulfide) groups is 1. The Kier molecular flexibility index (Phi) is 3.50. The number of nitrogens with zero attached hydrogens (tertiary/aromatic N) is 1. The van der Waals surface area contributed by atoms with E-state index in [9.17, 15) is 9.59 Å². The summed E-state index contributed by atoms with van der Waals surface area (Å²) in [6.45, 7) is 0. The minimum Gasteiger partial charge on any atom is -0.274 e. The first-order chi connectivity index (χ1) is 7.42. The molecule has 1 aliphatic heterocycles. The number of rotatable bonds is 2. The summed E-state index contributed by atoms with van der Waals surface area (Å²) in [6, 6.07) is 0. The molecule has 2 amide bonds. The largest absolute Gasteiger partial charge is 0.274 e. The van der Waals surface area contributed by atoms with E-state index in [-0.39, 0.29) is 30.6 Å². The van der Waals surface area contributed by atoms with Gasteiger partial charge < -0.3 is 0 Å². The van der Waals surface area contributed by atoms with Crippen LogP contribution in [0, 0.1) is 5.92 Å². The van der Waals surface area contributed by atoms with Crippen LogP contribution in [0.1, 0.15) is 19.3 Å². The topological polar surface area (TPSA) is 37.4 Å². The number of amides is 2. The summed E-state index contributed by atoms with van der Waals surface area (Å²) in [5.41, 5.74) is 0. The van der Waals surface area contributed by atoms with Crippen molar-refractivity contribution in [3.8, 4) is 0 Å². The molecule has 16 heavy (non-hydrogen) atoms. The molecule has 2 aliphatic rings. The molecule has 7 heteroatoms. The Labute approximate surface area is 113 Å². The fraction of sp³-hybridized carbons (Fsp3) is 0.667. The van der Waals surface area contributed by atoms with Crippen molar-refractivity contribution in [1.29, 1.82) is 0 Å². The van der Waals surface area contributed by atoms with Gasteiger partial charge in [0.15, 0.2) is 0 Å². The molecule has 2 rings (SSSR count). The predicted molar refractivity (Wildman–Crippen MR) is 68.7 cm³/mol. The molecule has 0 aromatic carbocycles. The first kappa shape index (κ1) is 12.6. The Morgan fingerprint density at radius 3 is 2.38 bits per heavy atom. The monoisotopic (exact) mass is 297 g/mol. The van der Waals surface area contributed by atoms with Gasteiger partial charge in [0.05, 0.1) is 0 Å². The zero-order valence-corrected chi connectivity index (χ0v) is 11.4. The number of likely N-dealkylation sites (tertiary alicyclic amines) is 1. The van der Waals surface area contributed by atoms with Crippen LogP contribution in [-0.4, -0.2) is 31.1 Å². The van der Waals surface area contributed by atoms with Crippen LogP contribution >= 0.6 is 47.2 Å². The van der Waals surface area contributed by atoms with E-state index in [2.05, 4.69) is 0 Å². The third-order valence-electron chi connectivity index (χ3n) is 2.60. The maximum absolute atomic E-state index is 11.4. The van der Waals surface area contributed by atoms with Crippen molar-refractivity contribution >= 4 is 63.3 Å². The van der Waals surface area contributed by atoms with Gasteiger partial charge in [0.25, 0.3) is 0 Å². The number of carbonyl (C=O) groups is 2. The smallest absolute Gasteiger partial charge is 0.235 e. The molecule has 0 N–H and O–H groups in total. The highest BCUT2D eigenvalue weighted by Gasteiger charge is 2.51. The van der Waals surface area contributed by atoms with E-state index in [1.807, 2.05) is 0 Å². The highest BCUT2D eigenvalue weighted by molar-refractivity contribution is 8.23. The summed E-state index contributed by atoms with van der Waals surface area (Å²) in [5, 5.41) is 0. The van der Waals surface area contributed by atoms with Gasteiger partial charge in [0.2, 0.25) is 11.8 Å². The van der Waals surface area contributed by atoms with Crippen LogP contribution in [0.3, 0.4) is 0 Å².